The first-order valence-corrected chi connectivity index (χ1v) is 7.74. The number of benzene rings is 1. The van der Waals surface area contributed by atoms with E-state index in [4.69, 9.17) is 4.74 Å². The van der Waals surface area contributed by atoms with Gasteiger partial charge in [0, 0.05) is 26.2 Å². The number of halogens is 1. The number of anilines is 1. The molecule has 0 bridgehead atoms. The van der Waals surface area contributed by atoms with Gasteiger partial charge in [-0.15, -0.1) is 0 Å². The number of rotatable bonds is 9. The van der Waals surface area contributed by atoms with Crippen LogP contribution >= 0.6 is 0 Å². The summed E-state index contributed by atoms with van der Waals surface area (Å²) < 4.78 is 19.5. The van der Waals surface area contributed by atoms with Crippen molar-refractivity contribution in [2.45, 2.75) is 40.3 Å². The van der Waals surface area contributed by atoms with Gasteiger partial charge in [-0.2, -0.15) is 0 Å². The van der Waals surface area contributed by atoms with Crippen molar-refractivity contribution in [3.63, 3.8) is 0 Å². The highest BCUT2D eigenvalue weighted by atomic mass is 19.1. The van der Waals surface area contributed by atoms with Crippen molar-refractivity contribution < 1.29 is 9.13 Å². The Balaban J connectivity index is 2.76. The Hall–Kier alpha value is -1.13. The number of nitrogens with zero attached hydrogens (tertiary/aromatic N) is 1. The number of methoxy groups -OCH3 is 1. The predicted molar refractivity (Wildman–Crippen MR) is 87.3 cm³/mol. The molecule has 0 amide bonds. The summed E-state index contributed by atoms with van der Waals surface area (Å²) in [4.78, 5) is 2.03. The van der Waals surface area contributed by atoms with Crippen LogP contribution < -0.4 is 10.2 Å². The second kappa shape index (κ2) is 9.00. The Bertz CT molecular complexity index is 423. The zero-order valence-electron chi connectivity index (χ0n) is 13.9. The number of nitrogens with one attached hydrogen (secondary N) is 1. The van der Waals surface area contributed by atoms with E-state index in [9.17, 15) is 4.39 Å². The average molecular weight is 296 g/mol. The minimum absolute atomic E-state index is 0.152. The monoisotopic (exact) mass is 296 g/mol. The van der Waals surface area contributed by atoms with Gasteiger partial charge in [0.05, 0.1) is 12.3 Å². The second-order valence-corrected chi connectivity index (χ2v) is 5.90. The molecule has 0 radical (unpaired) electrons. The van der Waals surface area contributed by atoms with Crippen LogP contribution in [0.5, 0.6) is 0 Å². The highest BCUT2D eigenvalue weighted by Crippen LogP contribution is 2.22. The van der Waals surface area contributed by atoms with Gasteiger partial charge in [-0.3, -0.25) is 0 Å². The van der Waals surface area contributed by atoms with E-state index in [0.717, 1.165) is 18.7 Å². The van der Waals surface area contributed by atoms with Crippen molar-refractivity contribution in [2.75, 3.05) is 31.7 Å². The van der Waals surface area contributed by atoms with Crippen LogP contribution in [0.3, 0.4) is 0 Å². The van der Waals surface area contributed by atoms with Gasteiger partial charge in [0.1, 0.15) is 5.82 Å². The fourth-order valence-electron chi connectivity index (χ4n) is 2.45. The average Bonchev–Trinajstić information content (AvgIpc) is 2.42. The molecular formula is C17H29FN2O. The maximum absolute atomic E-state index is 14.4. The lowest BCUT2D eigenvalue weighted by molar-refractivity contribution is 0.181. The summed E-state index contributed by atoms with van der Waals surface area (Å²) in [5, 5.41) is 3.33. The van der Waals surface area contributed by atoms with Crippen molar-refractivity contribution in [3.8, 4) is 0 Å². The third-order valence-corrected chi connectivity index (χ3v) is 3.48. The number of hydrogen-bond acceptors (Lipinski definition) is 3. The van der Waals surface area contributed by atoms with Crippen molar-refractivity contribution in [1.82, 2.24) is 5.32 Å². The zero-order valence-corrected chi connectivity index (χ0v) is 13.9. The molecule has 3 nitrogen and oxygen atoms in total. The molecule has 1 unspecified atom stereocenters. The van der Waals surface area contributed by atoms with Gasteiger partial charge in [0.2, 0.25) is 0 Å². The highest BCUT2D eigenvalue weighted by molar-refractivity contribution is 5.50. The molecule has 0 aromatic heterocycles. The van der Waals surface area contributed by atoms with Crippen LogP contribution in [0, 0.1) is 11.7 Å². The largest absolute Gasteiger partial charge is 0.383 e. The van der Waals surface area contributed by atoms with Crippen LogP contribution in [0.1, 0.15) is 33.3 Å². The molecule has 21 heavy (non-hydrogen) atoms. The summed E-state index contributed by atoms with van der Waals surface area (Å²) in [6.07, 6.45) is 0. The fourth-order valence-corrected chi connectivity index (χ4v) is 2.45. The quantitative estimate of drug-likeness (QED) is 0.755. The molecule has 0 aliphatic heterocycles. The smallest absolute Gasteiger partial charge is 0.146 e. The van der Waals surface area contributed by atoms with E-state index in [0.29, 0.717) is 24.8 Å². The molecule has 0 aliphatic rings. The fraction of sp³-hybridized carbons (Fsp3) is 0.647. The molecule has 4 heteroatoms. The molecule has 1 atom stereocenters. The van der Waals surface area contributed by atoms with Gasteiger partial charge in [0.15, 0.2) is 0 Å². The maximum Gasteiger partial charge on any atom is 0.146 e. The molecule has 1 N–H and O–H groups in total. The van der Waals surface area contributed by atoms with Gasteiger partial charge >= 0.3 is 0 Å². The van der Waals surface area contributed by atoms with Gasteiger partial charge < -0.3 is 15.0 Å². The van der Waals surface area contributed by atoms with Crippen LogP contribution in [-0.4, -0.2) is 32.8 Å². The van der Waals surface area contributed by atoms with Crippen LogP contribution in [-0.2, 0) is 11.3 Å². The van der Waals surface area contributed by atoms with Crippen LogP contribution in [0.15, 0.2) is 18.2 Å². The Morgan fingerprint density at radius 2 is 2.00 bits per heavy atom. The molecule has 0 aliphatic carbocycles. The Morgan fingerprint density at radius 3 is 2.52 bits per heavy atom. The molecule has 0 heterocycles. The molecule has 1 rings (SSSR count). The summed E-state index contributed by atoms with van der Waals surface area (Å²) in [5.41, 5.74) is 1.63. The van der Waals surface area contributed by atoms with Crippen molar-refractivity contribution >= 4 is 5.69 Å². The van der Waals surface area contributed by atoms with Gasteiger partial charge in [0.25, 0.3) is 0 Å². The number of ether oxygens (including phenoxy) is 1. The molecule has 0 saturated heterocycles. The molecule has 1 aromatic rings. The van der Waals surface area contributed by atoms with Crippen LogP contribution in [0.4, 0.5) is 10.1 Å². The number of hydrogen-bond donors (Lipinski definition) is 1. The van der Waals surface area contributed by atoms with Crippen LogP contribution in [0.25, 0.3) is 0 Å². The standard InChI is InChI=1S/C17H29FN2O/c1-6-20(14(4)12-21-5)17-8-7-15(9-16(17)18)11-19-10-13(2)3/h7-9,13-14,19H,6,10-12H2,1-5H3. The van der Waals surface area contributed by atoms with E-state index in [1.54, 1.807) is 13.2 Å². The normalized spacial score (nSPS) is 12.7. The lowest BCUT2D eigenvalue weighted by Crippen LogP contribution is -2.36. The Labute approximate surface area is 128 Å². The van der Waals surface area contributed by atoms with Crippen molar-refractivity contribution in [2.24, 2.45) is 5.92 Å². The summed E-state index contributed by atoms with van der Waals surface area (Å²) in [6, 6.07) is 5.65. The SMILES string of the molecule is CCN(c1ccc(CNCC(C)C)cc1F)C(C)COC. The van der Waals surface area contributed by atoms with Crippen LogP contribution in [0.2, 0.25) is 0 Å². The van der Waals surface area contributed by atoms with E-state index >= 15 is 0 Å². The Morgan fingerprint density at radius 1 is 1.29 bits per heavy atom. The zero-order chi connectivity index (χ0) is 15.8. The minimum Gasteiger partial charge on any atom is -0.383 e. The second-order valence-electron chi connectivity index (χ2n) is 5.90. The predicted octanol–water partition coefficient (Wildman–Crippen LogP) is 3.43. The molecule has 0 fully saturated rings. The summed E-state index contributed by atoms with van der Waals surface area (Å²) in [6.45, 7) is 11.4. The van der Waals surface area contributed by atoms with Gasteiger partial charge in [-0.05, 0) is 44.0 Å². The van der Waals surface area contributed by atoms with Crippen molar-refractivity contribution in [3.05, 3.63) is 29.6 Å². The summed E-state index contributed by atoms with van der Waals surface area (Å²) in [7, 11) is 1.67. The lowest BCUT2D eigenvalue weighted by atomic mass is 10.1. The molecule has 120 valence electrons. The first-order valence-electron chi connectivity index (χ1n) is 7.74. The van der Waals surface area contributed by atoms with Gasteiger partial charge in [-0.1, -0.05) is 19.9 Å². The molecular weight excluding hydrogens is 267 g/mol. The minimum atomic E-state index is -0.163. The first kappa shape index (κ1) is 17.9. The van der Waals surface area contributed by atoms with Gasteiger partial charge in [-0.25, -0.2) is 4.39 Å². The Kier molecular flexibility index (Phi) is 7.68. The number of likely N-dealkylation sites (N-methyl/N-ethyl adjacent to an activating group) is 1. The molecule has 0 saturated carbocycles. The van der Waals surface area contributed by atoms with E-state index in [-0.39, 0.29) is 11.9 Å². The molecule has 1 aromatic carbocycles. The third-order valence-electron chi connectivity index (χ3n) is 3.48. The first-order chi connectivity index (χ1) is 9.99. The summed E-state index contributed by atoms with van der Waals surface area (Å²) in [5.74, 6) is 0.434. The van der Waals surface area contributed by atoms with E-state index < -0.39 is 0 Å². The highest BCUT2D eigenvalue weighted by Gasteiger charge is 2.16. The third kappa shape index (κ3) is 5.64. The lowest BCUT2D eigenvalue weighted by Gasteiger charge is -2.30. The maximum atomic E-state index is 14.4. The summed E-state index contributed by atoms with van der Waals surface area (Å²) >= 11 is 0. The van der Waals surface area contributed by atoms with E-state index in [1.807, 2.05) is 30.9 Å². The van der Waals surface area contributed by atoms with E-state index in [2.05, 4.69) is 19.2 Å². The van der Waals surface area contributed by atoms with Crippen molar-refractivity contribution in [1.29, 1.82) is 0 Å². The van der Waals surface area contributed by atoms with E-state index in [1.165, 1.54) is 0 Å². The topological polar surface area (TPSA) is 24.5 Å². The molecule has 0 spiro atoms.